The number of fused-ring (bicyclic) bond motifs is 1. The van der Waals surface area contributed by atoms with Crippen molar-refractivity contribution in [1.29, 1.82) is 0 Å². The number of anilines is 4. The maximum Gasteiger partial charge on any atom is 0.421 e. The van der Waals surface area contributed by atoms with Crippen molar-refractivity contribution < 1.29 is 23.1 Å². The number of aliphatic hydroxyl groups is 1. The zero-order chi connectivity index (χ0) is 21.3. The first-order chi connectivity index (χ1) is 14.3. The molecule has 0 unspecified atom stereocenters. The fraction of sp³-hybridized carbons (Fsp3) is 0.450. The van der Waals surface area contributed by atoms with Gasteiger partial charge < -0.3 is 21.1 Å². The summed E-state index contributed by atoms with van der Waals surface area (Å²) in [6, 6.07) is 5.15. The smallest absolute Gasteiger partial charge is 0.393 e. The van der Waals surface area contributed by atoms with E-state index in [2.05, 4.69) is 25.9 Å². The Hall–Kier alpha value is -2.88. The van der Waals surface area contributed by atoms with Gasteiger partial charge in [0.25, 0.3) is 0 Å². The topological polar surface area (TPSA) is 99.2 Å². The minimum absolute atomic E-state index is 0.00641. The summed E-state index contributed by atoms with van der Waals surface area (Å²) in [4.78, 5) is 19.3. The highest BCUT2D eigenvalue weighted by Gasteiger charge is 2.36. The van der Waals surface area contributed by atoms with Gasteiger partial charge in [0.05, 0.1) is 12.5 Å². The SMILES string of the molecule is O=C1Cc2cc(Nc3ncc(C(F)(F)F)c(NC[C@@H]4CCCC[C@H]4O)n3)ccc2N1. The average Bonchev–Trinajstić information content (AvgIpc) is 3.06. The molecule has 4 rings (SSSR count). The zero-order valence-corrected chi connectivity index (χ0v) is 16.1. The molecule has 1 fully saturated rings. The Morgan fingerprint density at radius 2 is 2.03 bits per heavy atom. The number of hydrogen-bond donors (Lipinski definition) is 4. The van der Waals surface area contributed by atoms with Crippen LogP contribution >= 0.6 is 0 Å². The van der Waals surface area contributed by atoms with Crippen molar-refractivity contribution in [1.82, 2.24) is 9.97 Å². The van der Waals surface area contributed by atoms with Crippen LogP contribution in [-0.2, 0) is 17.4 Å². The summed E-state index contributed by atoms with van der Waals surface area (Å²) in [6.07, 6.45) is -0.855. The number of carbonyl (C=O) groups excluding carboxylic acids is 1. The van der Waals surface area contributed by atoms with Crippen LogP contribution in [0.2, 0.25) is 0 Å². The van der Waals surface area contributed by atoms with Gasteiger partial charge in [-0.1, -0.05) is 12.8 Å². The molecular formula is C20H22F3N5O2. The van der Waals surface area contributed by atoms with Crippen molar-refractivity contribution in [3.8, 4) is 0 Å². The summed E-state index contributed by atoms with van der Waals surface area (Å²) in [5.41, 5.74) is 1.12. The molecule has 10 heteroatoms. The van der Waals surface area contributed by atoms with E-state index in [4.69, 9.17) is 0 Å². The van der Waals surface area contributed by atoms with E-state index < -0.39 is 17.8 Å². The number of alkyl halides is 3. The number of aliphatic hydroxyl groups excluding tert-OH is 1. The van der Waals surface area contributed by atoms with E-state index in [-0.39, 0.29) is 36.6 Å². The number of rotatable bonds is 5. The van der Waals surface area contributed by atoms with Crippen molar-refractivity contribution in [2.24, 2.45) is 5.92 Å². The Morgan fingerprint density at radius 3 is 2.80 bits per heavy atom. The van der Waals surface area contributed by atoms with Crippen LogP contribution in [-0.4, -0.2) is 33.6 Å². The molecule has 7 nitrogen and oxygen atoms in total. The molecular weight excluding hydrogens is 399 g/mol. The van der Waals surface area contributed by atoms with Crippen LogP contribution in [0.15, 0.2) is 24.4 Å². The predicted octanol–water partition coefficient (Wildman–Crippen LogP) is 3.70. The first-order valence-electron chi connectivity index (χ1n) is 9.85. The second kappa shape index (κ2) is 8.10. The molecule has 160 valence electrons. The first-order valence-corrected chi connectivity index (χ1v) is 9.85. The van der Waals surface area contributed by atoms with E-state index in [1.165, 1.54) is 0 Å². The summed E-state index contributed by atoms with van der Waals surface area (Å²) in [7, 11) is 0. The lowest BCUT2D eigenvalue weighted by Gasteiger charge is -2.28. The Labute approximate surface area is 171 Å². The highest BCUT2D eigenvalue weighted by Crippen LogP contribution is 2.35. The van der Waals surface area contributed by atoms with E-state index in [0.717, 1.165) is 31.0 Å². The fourth-order valence-electron chi connectivity index (χ4n) is 3.87. The molecule has 4 N–H and O–H groups in total. The number of benzene rings is 1. The molecule has 1 amide bonds. The lowest BCUT2D eigenvalue weighted by atomic mass is 9.86. The Balaban J connectivity index is 1.53. The second-order valence-corrected chi connectivity index (χ2v) is 7.67. The van der Waals surface area contributed by atoms with Gasteiger partial charge in [0.2, 0.25) is 11.9 Å². The van der Waals surface area contributed by atoms with Gasteiger partial charge in [-0.3, -0.25) is 4.79 Å². The van der Waals surface area contributed by atoms with Crippen LogP contribution in [0.3, 0.4) is 0 Å². The molecule has 0 spiro atoms. The van der Waals surface area contributed by atoms with Crippen LogP contribution in [0.25, 0.3) is 0 Å². The molecule has 1 aliphatic heterocycles. The number of carbonyl (C=O) groups is 1. The molecule has 1 aromatic heterocycles. The molecule has 2 aliphatic rings. The highest BCUT2D eigenvalue weighted by molar-refractivity contribution is 5.99. The van der Waals surface area contributed by atoms with Gasteiger partial charge in [0, 0.05) is 30.0 Å². The predicted molar refractivity (Wildman–Crippen MR) is 106 cm³/mol. The molecule has 30 heavy (non-hydrogen) atoms. The van der Waals surface area contributed by atoms with Gasteiger partial charge in [-0.2, -0.15) is 18.2 Å². The standard InChI is InChI=1S/C20H22F3N5O2/c21-20(22,23)14-10-25-19(26-13-5-6-15-12(7-13)8-17(30)27-15)28-18(14)24-9-11-3-1-2-4-16(11)29/h5-7,10-11,16,29H,1-4,8-9H2,(H,27,30)(H2,24,25,26,28)/t11-,16+/m0/s1. The maximum absolute atomic E-state index is 13.4. The molecule has 0 bridgehead atoms. The molecule has 2 aromatic rings. The minimum Gasteiger partial charge on any atom is -0.393 e. The summed E-state index contributed by atoms with van der Waals surface area (Å²) in [5, 5.41) is 18.5. The quantitative estimate of drug-likeness (QED) is 0.588. The van der Waals surface area contributed by atoms with Gasteiger partial charge in [0.15, 0.2) is 0 Å². The Morgan fingerprint density at radius 1 is 1.23 bits per heavy atom. The summed E-state index contributed by atoms with van der Waals surface area (Å²) >= 11 is 0. The number of halogens is 3. The third-order valence-corrected chi connectivity index (χ3v) is 5.48. The van der Waals surface area contributed by atoms with Crippen molar-refractivity contribution in [3.63, 3.8) is 0 Å². The number of aromatic nitrogens is 2. The molecule has 0 saturated heterocycles. The summed E-state index contributed by atoms with van der Waals surface area (Å²) < 4.78 is 40.2. The van der Waals surface area contributed by atoms with E-state index >= 15 is 0 Å². The summed E-state index contributed by atoms with van der Waals surface area (Å²) in [5.74, 6) is -0.542. The minimum atomic E-state index is -4.61. The molecule has 1 aliphatic carbocycles. The second-order valence-electron chi connectivity index (χ2n) is 7.67. The average molecular weight is 421 g/mol. The highest BCUT2D eigenvalue weighted by atomic mass is 19.4. The van der Waals surface area contributed by atoms with E-state index in [9.17, 15) is 23.1 Å². The number of amides is 1. The van der Waals surface area contributed by atoms with Crippen molar-refractivity contribution in [2.45, 2.75) is 44.4 Å². The monoisotopic (exact) mass is 421 g/mol. The molecule has 2 heterocycles. The molecule has 0 radical (unpaired) electrons. The molecule has 1 aromatic carbocycles. The third kappa shape index (κ3) is 4.48. The van der Waals surface area contributed by atoms with Crippen LogP contribution in [0.4, 0.5) is 36.3 Å². The van der Waals surface area contributed by atoms with Crippen LogP contribution in [0.5, 0.6) is 0 Å². The number of nitrogens with zero attached hydrogens (tertiary/aromatic N) is 2. The van der Waals surface area contributed by atoms with Crippen LogP contribution in [0, 0.1) is 5.92 Å². The normalized spacial score (nSPS) is 21.1. The van der Waals surface area contributed by atoms with Gasteiger partial charge in [-0.05, 0) is 36.6 Å². The van der Waals surface area contributed by atoms with Crippen molar-refractivity contribution >= 4 is 29.0 Å². The summed E-state index contributed by atoms with van der Waals surface area (Å²) in [6.45, 7) is 0.202. The van der Waals surface area contributed by atoms with E-state index in [0.29, 0.717) is 17.8 Å². The maximum atomic E-state index is 13.4. The molecule has 2 atom stereocenters. The van der Waals surface area contributed by atoms with E-state index in [1.54, 1.807) is 18.2 Å². The largest absolute Gasteiger partial charge is 0.421 e. The van der Waals surface area contributed by atoms with Crippen LogP contribution in [0.1, 0.15) is 36.8 Å². The Kier molecular flexibility index (Phi) is 5.50. The van der Waals surface area contributed by atoms with Gasteiger partial charge >= 0.3 is 6.18 Å². The zero-order valence-electron chi connectivity index (χ0n) is 16.1. The lowest BCUT2D eigenvalue weighted by Crippen LogP contribution is -2.31. The third-order valence-electron chi connectivity index (χ3n) is 5.48. The fourth-order valence-corrected chi connectivity index (χ4v) is 3.87. The number of nitrogens with one attached hydrogen (secondary N) is 3. The number of hydrogen-bond acceptors (Lipinski definition) is 6. The molecule has 1 saturated carbocycles. The lowest BCUT2D eigenvalue weighted by molar-refractivity contribution is -0.137. The van der Waals surface area contributed by atoms with Crippen molar-refractivity contribution in [3.05, 3.63) is 35.5 Å². The van der Waals surface area contributed by atoms with Gasteiger partial charge in [-0.15, -0.1) is 0 Å². The Bertz CT molecular complexity index is 951. The first kappa shape index (κ1) is 20.4. The van der Waals surface area contributed by atoms with Crippen molar-refractivity contribution in [2.75, 3.05) is 22.5 Å². The van der Waals surface area contributed by atoms with Crippen LogP contribution < -0.4 is 16.0 Å². The van der Waals surface area contributed by atoms with Gasteiger partial charge in [0.1, 0.15) is 11.4 Å². The van der Waals surface area contributed by atoms with Gasteiger partial charge in [-0.25, -0.2) is 4.98 Å². The van der Waals surface area contributed by atoms with E-state index in [1.807, 2.05) is 0 Å².